The van der Waals surface area contributed by atoms with Gasteiger partial charge in [0.05, 0.1) is 6.26 Å². The Bertz CT molecular complexity index is 18.5. The fraction of sp³-hybridized carbons (Fsp3) is 0.333. The molecule has 0 atom stereocenters. The van der Waals surface area contributed by atoms with Gasteiger partial charge in [-0.1, -0.05) is 0 Å². The molecule has 0 aromatic heterocycles. The average Bonchev–Trinajstić information content (AvgIpc) is 1.37. The van der Waals surface area contributed by atoms with Gasteiger partial charge in [-0.3, -0.25) is 0 Å². The zero-order chi connectivity index (χ0) is 3.41. The van der Waals surface area contributed by atoms with E-state index in [1.807, 2.05) is 0 Å². The summed E-state index contributed by atoms with van der Waals surface area (Å²) < 4.78 is 0. The summed E-state index contributed by atoms with van der Waals surface area (Å²) in [5.41, 5.74) is 0. The van der Waals surface area contributed by atoms with Crippen molar-refractivity contribution in [2.24, 2.45) is 0 Å². The fourth-order valence-electron chi connectivity index (χ4n) is 0. The van der Waals surface area contributed by atoms with Crippen molar-refractivity contribution in [1.82, 2.24) is 0 Å². The highest BCUT2D eigenvalue weighted by Gasteiger charge is 1.37. The Hall–Kier alpha value is -0.460. The first-order valence-electron chi connectivity index (χ1n) is 1.05. The quantitative estimate of drug-likeness (QED) is 0.409. The minimum Gasteiger partial charge on any atom is -0.515 e. The molecule has 0 rings (SSSR count). The van der Waals surface area contributed by atoms with Crippen molar-refractivity contribution < 1.29 is 5.11 Å². The molecule has 0 aromatic carbocycles. The smallest absolute Gasteiger partial charge is 0.0824 e. The molecule has 23 valence electrons. The van der Waals surface area contributed by atoms with Crippen LogP contribution in [0.4, 0.5) is 0 Å². The lowest BCUT2D eigenvalue weighted by Gasteiger charge is -1.52. The molecule has 0 saturated carbocycles. The molecule has 1 heteroatoms. The Morgan fingerprint density at radius 3 is 2.25 bits per heavy atom. The SMILES string of the molecule is C[C]=CO. The zero-order valence-electron chi connectivity index (χ0n) is 2.52. The number of hydrogen-bond donors (Lipinski definition) is 1. The van der Waals surface area contributed by atoms with Crippen molar-refractivity contribution in [2.75, 3.05) is 0 Å². The maximum atomic E-state index is 7.64. The zero-order valence-corrected chi connectivity index (χ0v) is 2.52. The molecule has 0 aliphatic rings. The van der Waals surface area contributed by atoms with E-state index in [-0.39, 0.29) is 0 Å². The summed E-state index contributed by atoms with van der Waals surface area (Å²) in [6, 6.07) is 0. The minimum absolute atomic E-state index is 0.875. The third kappa shape index (κ3) is 1.54. The van der Waals surface area contributed by atoms with Crippen molar-refractivity contribution >= 4 is 0 Å². The lowest BCUT2D eigenvalue weighted by atomic mass is 10.8. The topological polar surface area (TPSA) is 20.2 Å². The van der Waals surface area contributed by atoms with Crippen LogP contribution in [0.25, 0.3) is 0 Å². The Kier molecular flexibility index (Phi) is 2.25. The third-order valence-electron chi connectivity index (χ3n) is 0.129. The molecule has 0 fully saturated rings. The first-order chi connectivity index (χ1) is 1.91. The van der Waals surface area contributed by atoms with Crippen molar-refractivity contribution in [3.05, 3.63) is 12.3 Å². The van der Waals surface area contributed by atoms with E-state index in [9.17, 15) is 0 Å². The van der Waals surface area contributed by atoms with Crippen LogP contribution in [0.1, 0.15) is 6.92 Å². The van der Waals surface area contributed by atoms with E-state index < -0.39 is 0 Å². The molecule has 0 unspecified atom stereocenters. The van der Waals surface area contributed by atoms with E-state index in [0.29, 0.717) is 0 Å². The lowest BCUT2D eigenvalue weighted by molar-refractivity contribution is 0.470. The van der Waals surface area contributed by atoms with Crippen LogP contribution in [0.3, 0.4) is 0 Å². The second-order valence-electron chi connectivity index (χ2n) is 0.418. The monoisotopic (exact) mass is 57.0 g/mol. The van der Waals surface area contributed by atoms with Gasteiger partial charge in [0.25, 0.3) is 0 Å². The molecule has 0 aliphatic heterocycles. The summed E-state index contributed by atoms with van der Waals surface area (Å²) in [4.78, 5) is 0. The molecule has 4 heavy (non-hydrogen) atoms. The fourth-order valence-corrected chi connectivity index (χ4v) is 0. The van der Waals surface area contributed by atoms with Crippen molar-refractivity contribution in [1.29, 1.82) is 0 Å². The Morgan fingerprint density at radius 1 is 2.00 bits per heavy atom. The third-order valence-corrected chi connectivity index (χ3v) is 0.129. The van der Waals surface area contributed by atoms with E-state index >= 15 is 0 Å². The van der Waals surface area contributed by atoms with Crippen LogP contribution >= 0.6 is 0 Å². The van der Waals surface area contributed by atoms with Crippen LogP contribution in [-0.4, -0.2) is 5.11 Å². The summed E-state index contributed by atoms with van der Waals surface area (Å²) in [5.74, 6) is 0. The molecule has 0 heterocycles. The van der Waals surface area contributed by atoms with Crippen LogP contribution < -0.4 is 0 Å². The second-order valence-corrected chi connectivity index (χ2v) is 0.418. The van der Waals surface area contributed by atoms with E-state index in [1.165, 1.54) is 0 Å². The normalized spacial score (nSPS) is 9.25. The molecule has 0 aromatic rings. The van der Waals surface area contributed by atoms with Crippen LogP contribution in [0.2, 0.25) is 0 Å². The maximum Gasteiger partial charge on any atom is 0.0824 e. The molecule has 0 bridgehead atoms. The molecule has 1 N–H and O–H groups in total. The van der Waals surface area contributed by atoms with Gasteiger partial charge in [0, 0.05) is 0 Å². The Morgan fingerprint density at radius 2 is 2.25 bits per heavy atom. The van der Waals surface area contributed by atoms with Crippen LogP contribution in [0.15, 0.2) is 6.26 Å². The van der Waals surface area contributed by atoms with E-state index in [0.717, 1.165) is 6.26 Å². The molecule has 0 saturated heterocycles. The van der Waals surface area contributed by atoms with E-state index in [2.05, 4.69) is 6.08 Å². The van der Waals surface area contributed by atoms with Crippen molar-refractivity contribution in [3.8, 4) is 0 Å². The van der Waals surface area contributed by atoms with Crippen molar-refractivity contribution in [2.45, 2.75) is 6.92 Å². The summed E-state index contributed by atoms with van der Waals surface area (Å²) >= 11 is 0. The largest absolute Gasteiger partial charge is 0.515 e. The second kappa shape index (κ2) is 2.54. The van der Waals surface area contributed by atoms with Gasteiger partial charge in [0.15, 0.2) is 0 Å². The van der Waals surface area contributed by atoms with Crippen LogP contribution in [-0.2, 0) is 0 Å². The first kappa shape index (κ1) is 3.54. The minimum atomic E-state index is 0.875. The number of aliphatic hydroxyl groups is 1. The standard InChI is InChI=1S/C3H5O/c1-2-3-4/h3-4H,1H3. The predicted octanol–water partition coefficient (Wildman–Crippen LogP) is 0.881. The molecule has 1 radical (unpaired) electrons. The van der Waals surface area contributed by atoms with Gasteiger partial charge < -0.3 is 5.11 Å². The number of hydrogen-bond acceptors (Lipinski definition) is 1. The lowest BCUT2D eigenvalue weighted by Crippen LogP contribution is -1.38. The molecule has 0 spiro atoms. The highest BCUT2D eigenvalue weighted by atomic mass is 16.2. The number of rotatable bonds is 0. The van der Waals surface area contributed by atoms with Gasteiger partial charge in [-0.2, -0.15) is 0 Å². The van der Waals surface area contributed by atoms with E-state index in [1.54, 1.807) is 6.92 Å². The molecule has 1 nitrogen and oxygen atoms in total. The van der Waals surface area contributed by atoms with Gasteiger partial charge in [-0.25, -0.2) is 0 Å². The Labute approximate surface area is 25.6 Å². The van der Waals surface area contributed by atoms with E-state index in [4.69, 9.17) is 5.11 Å². The first-order valence-corrected chi connectivity index (χ1v) is 1.05. The molecular formula is C3H5O. The number of allylic oxidation sites excluding steroid dienone is 1. The molecular weight excluding hydrogens is 52.0 g/mol. The van der Waals surface area contributed by atoms with Gasteiger partial charge in [-0.15, -0.1) is 0 Å². The highest BCUT2D eigenvalue weighted by molar-refractivity contribution is 4.48. The average molecular weight is 57.1 g/mol. The van der Waals surface area contributed by atoms with Gasteiger partial charge in [0.2, 0.25) is 0 Å². The summed E-state index contributed by atoms with van der Waals surface area (Å²) in [5, 5.41) is 7.64. The van der Waals surface area contributed by atoms with Crippen LogP contribution in [0, 0.1) is 6.08 Å². The predicted molar refractivity (Wildman–Crippen MR) is 16.1 cm³/mol. The highest BCUT2D eigenvalue weighted by Crippen LogP contribution is 1.48. The Balaban J connectivity index is 2.55. The molecule has 0 amide bonds. The maximum absolute atomic E-state index is 7.64. The van der Waals surface area contributed by atoms with Gasteiger partial charge in [-0.05, 0) is 13.0 Å². The molecule has 0 aliphatic carbocycles. The summed E-state index contributed by atoms with van der Waals surface area (Å²) in [6.07, 6.45) is 3.24. The number of aliphatic hydroxyl groups excluding tert-OH is 1. The van der Waals surface area contributed by atoms with Crippen LogP contribution in [0.5, 0.6) is 0 Å². The van der Waals surface area contributed by atoms with Gasteiger partial charge >= 0.3 is 0 Å². The van der Waals surface area contributed by atoms with Gasteiger partial charge in [0.1, 0.15) is 0 Å². The van der Waals surface area contributed by atoms with Crippen molar-refractivity contribution in [3.63, 3.8) is 0 Å². The summed E-state index contributed by atoms with van der Waals surface area (Å²) in [7, 11) is 0. The summed E-state index contributed by atoms with van der Waals surface area (Å²) in [6.45, 7) is 1.62.